The van der Waals surface area contributed by atoms with Gasteiger partial charge in [-0.05, 0) is 43.9 Å². The van der Waals surface area contributed by atoms with E-state index < -0.39 is 0 Å². The smallest absolute Gasteiger partial charge is 0.254 e. The lowest BCUT2D eigenvalue weighted by Crippen LogP contribution is -2.43. The molecule has 2 rings (SSSR count). The maximum atomic E-state index is 12.7. The van der Waals surface area contributed by atoms with Crippen LogP contribution in [0, 0.1) is 0 Å². The molecule has 0 radical (unpaired) electrons. The maximum Gasteiger partial charge on any atom is 0.254 e. The van der Waals surface area contributed by atoms with Crippen LogP contribution in [-0.2, 0) is 0 Å². The summed E-state index contributed by atoms with van der Waals surface area (Å²) in [6.45, 7) is 6.92. The number of carbonyl (C=O) groups excluding carboxylic acids is 2. The summed E-state index contributed by atoms with van der Waals surface area (Å²) < 4.78 is 0. The quantitative estimate of drug-likeness (QED) is 0.850. The highest BCUT2D eigenvalue weighted by Crippen LogP contribution is 2.22. The van der Waals surface area contributed by atoms with Gasteiger partial charge in [0.05, 0.1) is 0 Å². The number of hydrogen-bond donors (Lipinski definition) is 1. The van der Waals surface area contributed by atoms with Crippen molar-refractivity contribution in [3.63, 3.8) is 0 Å². The predicted octanol–water partition coefficient (Wildman–Crippen LogP) is 3.01. The molecule has 0 saturated carbocycles. The van der Waals surface area contributed by atoms with Gasteiger partial charge in [0.15, 0.2) is 0 Å². The third-order valence-corrected chi connectivity index (χ3v) is 4.14. The van der Waals surface area contributed by atoms with Crippen LogP contribution in [0.5, 0.6) is 0 Å². The minimum atomic E-state index is -0.180. The van der Waals surface area contributed by atoms with Gasteiger partial charge >= 0.3 is 0 Å². The maximum absolute atomic E-state index is 12.7. The van der Waals surface area contributed by atoms with E-state index >= 15 is 0 Å². The fourth-order valence-corrected chi connectivity index (χ4v) is 2.92. The number of hydrogen-bond acceptors (Lipinski definition) is 2. The van der Waals surface area contributed by atoms with Crippen LogP contribution in [0.15, 0.2) is 36.9 Å². The van der Waals surface area contributed by atoms with Crippen LogP contribution < -0.4 is 5.32 Å². The van der Waals surface area contributed by atoms with Crippen LogP contribution in [0.4, 0.5) is 0 Å². The molecule has 1 saturated heterocycles. The van der Waals surface area contributed by atoms with Gasteiger partial charge in [0.2, 0.25) is 0 Å². The molecule has 1 fully saturated rings. The van der Waals surface area contributed by atoms with Crippen LogP contribution in [0.3, 0.4) is 0 Å². The van der Waals surface area contributed by atoms with Gasteiger partial charge in [-0.1, -0.05) is 19.1 Å². The van der Waals surface area contributed by atoms with Gasteiger partial charge in [-0.25, -0.2) is 0 Å². The fourth-order valence-electron chi connectivity index (χ4n) is 2.92. The molecule has 1 aliphatic heterocycles. The summed E-state index contributed by atoms with van der Waals surface area (Å²) in [5, 5.41) is 2.73. The monoisotopic (exact) mass is 300 g/mol. The molecule has 1 aliphatic rings. The van der Waals surface area contributed by atoms with Crippen LogP contribution in [0.2, 0.25) is 0 Å². The normalized spacial score (nSPS) is 17.9. The van der Waals surface area contributed by atoms with Crippen molar-refractivity contribution in [3.8, 4) is 0 Å². The van der Waals surface area contributed by atoms with Gasteiger partial charge in [-0.3, -0.25) is 9.59 Å². The Labute approximate surface area is 132 Å². The van der Waals surface area contributed by atoms with Gasteiger partial charge in [-0.2, -0.15) is 0 Å². The number of carbonyl (C=O) groups is 2. The van der Waals surface area contributed by atoms with E-state index in [9.17, 15) is 9.59 Å². The second-order valence-corrected chi connectivity index (χ2v) is 5.64. The molecule has 0 spiro atoms. The molecule has 1 N–H and O–H groups in total. The third-order valence-electron chi connectivity index (χ3n) is 4.14. The van der Waals surface area contributed by atoms with Crippen LogP contribution in [0.25, 0.3) is 0 Å². The lowest BCUT2D eigenvalue weighted by atomic mass is 9.98. The minimum absolute atomic E-state index is 0.0323. The molecule has 4 heteroatoms. The zero-order valence-electron chi connectivity index (χ0n) is 13.2. The lowest BCUT2D eigenvalue weighted by molar-refractivity contribution is 0.0608. The summed E-state index contributed by atoms with van der Waals surface area (Å²) >= 11 is 0. The summed E-state index contributed by atoms with van der Waals surface area (Å²) in [4.78, 5) is 26.7. The zero-order valence-corrected chi connectivity index (χ0v) is 13.2. The second kappa shape index (κ2) is 7.78. The summed E-state index contributed by atoms with van der Waals surface area (Å²) in [5.74, 6) is -0.148. The minimum Gasteiger partial charge on any atom is -0.349 e. The van der Waals surface area contributed by atoms with E-state index in [0.29, 0.717) is 23.7 Å². The standard InChI is InChI=1S/C18H24N2O2/c1-3-11-19-17(21)14-8-7-9-15(13-14)18(22)20-12-6-5-10-16(20)4-2/h3,7-9,13,16H,1,4-6,10-12H2,2H3,(H,19,21). The largest absolute Gasteiger partial charge is 0.349 e. The predicted molar refractivity (Wildman–Crippen MR) is 87.9 cm³/mol. The van der Waals surface area contributed by atoms with E-state index in [0.717, 1.165) is 25.8 Å². The van der Waals surface area contributed by atoms with E-state index in [1.807, 2.05) is 4.90 Å². The average Bonchev–Trinajstić information content (AvgIpc) is 2.59. The number of nitrogens with zero attached hydrogens (tertiary/aromatic N) is 1. The Morgan fingerprint density at radius 3 is 2.86 bits per heavy atom. The lowest BCUT2D eigenvalue weighted by Gasteiger charge is -2.35. The van der Waals surface area contributed by atoms with Crippen molar-refractivity contribution < 1.29 is 9.59 Å². The summed E-state index contributed by atoms with van der Waals surface area (Å²) in [7, 11) is 0. The molecule has 1 aromatic carbocycles. The van der Waals surface area contributed by atoms with Crippen molar-refractivity contribution in [2.45, 2.75) is 38.6 Å². The first-order chi connectivity index (χ1) is 10.7. The molecule has 0 aromatic heterocycles. The molecule has 22 heavy (non-hydrogen) atoms. The number of piperidine rings is 1. The van der Waals surface area contributed by atoms with Crippen molar-refractivity contribution in [2.24, 2.45) is 0 Å². The van der Waals surface area contributed by atoms with Crippen LogP contribution in [0.1, 0.15) is 53.3 Å². The molecule has 1 unspecified atom stereocenters. The fraction of sp³-hybridized carbons (Fsp3) is 0.444. The zero-order chi connectivity index (χ0) is 15.9. The van der Waals surface area contributed by atoms with Crippen molar-refractivity contribution in [1.82, 2.24) is 10.2 Å². The van der Waals surface area contributed by atoms with E-state index in [-0.39, 0.29) is 11.8 Å². The third kappa shape index (κ3) is 3.75. The van der Waals surface area contributed by atoms with Gasteiger partial charge in [0.25, 0.3) is 11.8 Å². The van der Waals surface area contributed by atoms with Crippen molar-refractivity contribution in [2.75, 3.05) is 13.1 Å². The molecular weight excluding hydrogens is 276 g/mol. The molecule has 118 valence electrons. The van der Waals surface area contributed by atoms with Crippen molar-refractivity contribution >= 4 is 11.8 Å². The Hall–Kier alpha value is -2.10. The van der Waals surface area contributed by atoms with Crippen LogP contribution >= 0.6 is 0 Å². The highest BCUT2D eigenvalue weighted by atomic mass is 16.2. The topological polar surface area (TPSA) is 49.4 Å². The second-order valence-electron chi connectivity index (χ2n) is 5.64. The van der Waals surface area contributed by atoms with Crippen LogP contribution in [-0.4, -0.2) is 35.8 Å². The number of likely N-dealkylation sites (tertiary alicyclic amines) is 1. The molecule has 0 bridgehead atoms. The highest BCUT2D eigenvalue weighted by Gasteiger charge is 2.26. The Morgan fingerprint density at radius 2 is 2.14 bits per heavy atom. The number of benzene rings is 1. The summed E-state index contributed by atoms with van der Waals surface area (Å²) in [6, 6.07) is 7.28. The first kappa shape index (κ1) is 16.3. The number of nitrogens with one attached hydrogen (secondary N) is 1. The molecule has 1 atom stereocenters. The molecule has 1 heterocycles. The Bertz CT molecular complexity index is 554. The Morgan fingerprint density at radius 1 is 1.36 bits per heavy atom. The van der Waals surface area contributed by atoms with Crippen molar-refractivity contribution in [3.05, 3.63) is 48.0 Å². The van der Waals surface area contributed by atoms with Gasteiger partial charge in [0.1, 0.15) is 0 Å². The summed E-state index contributed by atoms with van der Waals surface area (Å²) in [5.41, 5.74) is 1.10. The van der Waals surface area contributed by atoms with E-state index in [2.05, 4.69) is 18.8 Å². The number of rotatable bonds is 5. The van der Waals surface area contributed by atoms with E-state index in [4.69, 9.17) is 0 Å². The van der Waals surface area contributed by atoms with E-state index in [1.54, 1.807) is 30.3 Å². The van der Waals surface area contributed by atoms with Gasteiger partial charge in [0, 0.05) is 30.3 Å². The molecule has 2 amide bonds. The summed E-state index contributed by atoms with van der Waals surface area (Å²) in [6.07, 6.45) is 5.92. The molecule has 4 nitrogen and oxygen atoms in total. The molecule has 1 aromatic rings. The molecular formula is C18H24N2O2. The van der Waals surface area contributed by atoms with E-state index in [1.165, 1.54) is 6.42 Å². The molecule has 0 aliphatic carbocycles. The highest BCUT2D eigenvalue weighted by molar-refractivity contribution is 5.99. The first-order valence-electron chi connectivity index (χ1n) is 7.97. The first-order valence-corrected chi connectivity index (χ1v) is 7.97. The Balaban J connectivity index is 2.15. The van der Waals surface area contributed by atoms with Gasteiger partial charge in [-0.15, -0.1) is 6.58 Å². The van der Waals surface area contributed by atoms with Crippen molar-refractivity contribution in [1.29, 1.82) is 0 Å². The number of amides is 2. The SMILES string of the molecule is C=CCNC(=O)c1cccc(C(=O)N2CCCCC2CC)c1. The average molecular weight is 300 g/mol. The van der Waals surface area contributed by atoms with Gasteiger partial charge < -0.3 is 10.2 Å². The Kier molecular flexibility index (Phi) is 5.75.